The summed E-state index contributed by atoms with van der Waals surface area (Å²) in [6.45, 7) is 6.74. The van der Waals surface area contributed by atoms with Gasteiger partial charge in [0, 0.05) is 12.1 Å². The molecule has 1 atom stereocenters. The van der Waals surface area contributed by atoms with Crippen LogP contribution in [0.1, 0.15) is 44.7 Å². The van der Waals surface area contributed by atoms with Crippen molar-refractivity contribution in [2.24, 2.45) is 5.73 Å². The molecular formula is C20H30N2O. The van der Waals surface area contributed by atoms with Crippen molar-refractivity contribution >= 4 is 10.8 Å². The Morgan fingerprint density at radius 1 is 1.09 bits per heavy atom. The van der Waals surface area contributed by atoms with Gasteiger partial charge in [0.1, 0.15) is 5.75 Å². The molecule has 23 heavy (non-hydrogen) atoms. The van der Waals surface area contributed by atoms with E-state index in [0.717, 1.165) is 25.3 Å². The average Bonchev–Trinajstić information content (AvgIpc) is 2.59. The first-order chi connectivity index (χ1) is 11.2. The first kappa shape index (κ1) is 17.8. The third-order valence-electron chi connectivity index (χ3n) is 4.35. The normalized spacial score (nSPS) is 12.7. The van der Waals surface area contributed by atoms with Crippen LogP contribution in [-0.2, 0) is 0 Å². The van der Waals surface area contributed by atoms with E-state index in [2.05, 4.69) is 62.2 Å². The molecule has 0 aliphatic carbocycles. The minimum Gasteiger partial charge on any atom is -0.493 e. The summed E-state index contributed by atoms with van der Waals surface area (Å²) in [5.74, 6) is 0.976. The maximum Gasteiger partial charge on any atom is 0.124 e. The van der Waals surface area contributed by atoms with Crippen molar-refractivity contribution in [3.63, 3.8) is 0 Å². The minimum absolute atomic E-state index is 0.180. The lowest BCUT2D eigenvalue weighted by molar-refractivity contribution is 0.237. The summed E-state index contributed by atoms with van der Waals surface area (Å²) in [6, 6.07) is 12.9. The van der Waals surface area contributed by atoms with Gasteiger partial charge < -0.3 is 10.5 Å². The van der Waals surface area contributed by atoms with Gasteiger partial charge in [0.15, 0.2) is 0 Å². The molecule has 2 rings (SSSR count). The molecule has 0 saturated carbocycles. The molecule has 2 N–H and O–H groups in total. The molecule has 2 aromatic carbocycles. The van der Waals surface area contributed by atoms with Crippen LogP contribution in [0.4, 0.5) is 0 Å². The lowest BCUT2D eigenvalue weighted by atomic mass is 9.96. The Balaban J connectivity index is 2.48. The Kier molecular flexibility index (Phi) is 6.87. The van der Waals surface area contributed by atoms with Crippen molar-refractivity contribution in [1.29, 1.82) is 0 Å². The summed E-state index contributed by atoms with van der Waals surface area (Å²) >= 11 is 0. The Hall–Kier alpha value is -1.58. The zero-order valence-corrected chi connectivity index (χ0v) is 14.7. The van der Waals surface area contributed by atoms with E-state index in [4.69, 9.17) is 10.5 Å². The summed E-state index contributed by atoms with van der Waals surface area (Å²) < 4.78 is 6.05. The molecule has 0 fully saturated rings. The van der Waals surface area contributed by atoms with E-state index in [1.165, 1.54) is 29.2 Å². The van der Waals surface area contributed by atoms with Gasteiger partial charge in [0.25, 0.3) is 0 Å². The molecule has 0 spiro atoms. The van der Waals surface area contributed by atoms with E-state index >= 15 is 0 Å². The molecule has 1 unspecified atom stereocenters. The number of fused-ring (bicyclic) bond motifs is 1. The maximum atomic E-state index is 6.17. The first-order valence-electron chi connectivity index (χ1n) is 8.77. The second-order valence-electron chi connectivity index (χ2n) is 6.13. The number of benzene rings is 2. The largest absolute Gasteiger partial charge is 0.493 e. The van der Waals surface area contributed by atoms with Crippen molar-refractivity contribution in [1.82, 2.24) is 4.90 Å². The molecule has 0 amide bonds. The first-order valence-corrected chi connectivity index (χ1v) is 8.77. The van der Waals surface area contributed by atoms with Crippen molar-refractivity contribution in [3.8, 4) is 5.75 Å². The van der Waals surface area contributed by atoms with Gasteiger partial charge in [0.05, 0.1) is 12.6 Å². The third-order valence-corrected chi connectivity index (χ3v) is 4.35. The number of rotatable bonds is 9. The van der Waals surface area contributed by atoms with Gasteiger partial charge >= 0.3 is 0 Å². The molecule has 0 radical (unpaired) electrons. The van der Waals surface area contributed by atoms with E-state index in [9.17, 15) is 0 Å². The lowest BCUT2D eigenvalue weighted by Crippen LogP contribution is -2.32. The Labute approximate surface area is 140 Å². The molecule has 0 saturated heterocycles. The number of hydrogen-bond acceptors (Lipinski definition) is 3. The van der Waals surface area contributed by atoms with Gasteiger partial charge in [-0.25, -0.2) is 0 Å². The number of nitrogens with two attached hydrogens (primary N) is 1. The number of ether oxygens (including phenoxy) is 1. The molecule has 3 heteroatoms. The van der Waals surface area contributed by atoms with Crippen molar-refractivity contribution in [3.05, 3.63) is 42.0 Å². The summed E-state index contributed by atoms with van der Waals surface area (Å²) in [7, 11) is 2.17. The number of hydrogen-bond donors (Lipinski definition) is 1. The highest BCUT2D eigenvalue weighted by molar-refractivity contribution is 5.88. The highest BCUT2D eigenvalue weighted by Crippen LogP contribution is 2.35. The van der Waals surface area contributed by atoms with Crippen molar-refractivity contribution in [2.45, 2.75) is 39.2 Å². The van der Waals surface area contributed by atoms with Crippen LogP contribution >= 0.6 is 0 Å². The highest BCUT2D eigenvalue weighted by Gasteiger charge is 2.22. The van der Waals surface area contributed by atoms with Crippen LogP contribution in [0.3, 0.4) is 0 Å². The molecule has 0 bridgehead atoms. The molecular weight excluding hydrogens is 284 g/mol. The zero-order chi connectivity index (χ0) is 16.7. The Bertz CT molecular complexity index is 612. The number of unbranched alkanes of at least 4 members (excludes halogenated alkanes) is 1. The fourth-order valence-corrected chi connectivity index (χ4v) is 3.04. The van der Waals surface area contributed by atoms with Crippen LogP contribution < -0.4 is 10.5 Å². The smallest absolute Gasteiger partial charge is 0.124 e. The molecule has 0 aromatic heterocycles. The molecule has 0 aliphatic rings. The number of likely N-dealkylation sites (N-methyl/N-ethyl adjacent to an activating group) is 1. The quantitative estimate of drug-likeness (QED) is 0.747. The fraction of sp³-hybridized carbons (Fsp3) is 0.500. The monoisotopic (exact) mass is 314 g/mol. The highest BCUT2D eigenvalue weighted by atomic mass is 16.5. The van der Waals surface area contributed by atoms with E-state index in [0.29, 0.717) is 6.54 Å². The summed E-state index contributed by atoms with van der Waals surface area (Å²) in [5, 5.41) is 2.49. The van der Waals surface area contributed by atoms with E-state index < -0.39 is 0 Å². The zero-order valence-electron chi connectivity index (χ0n) is 14.7. The van der Waals surface area contributed by atoms with E-state index in [-0.39, 0.29) is 6.04 Å². The standard InChI is InChI=1S/C20H30N2O/c1-4-6-13-22(3)18(15-21)20-17-10-8-7-9-16(17)11-12-19(20)23-14-5-2/h7-12,18H,4-6,13-15,21H2,1-3H3. The van der Waals surface area contributed by atoms with Gasteiger partial charge in [0.2, 0.25) is 0 Å². The predicted molar refractivity (Wildman–Crippen MR) is 99.1 cm³/mol. The number of nitrogens with zero attached hydrogens (tertiary/aromatic N) is 1. The van der Waals surface area contributed by atoms with E-state index in [1.54, 1.807) is 0 Å². The van der Waals surface area contributed by atoms with Crippen molar-refractivity contribution < 1.29 is 4.74 Å². The maximum absolute atomic E-state index is 6.17. The van der Waals surface area contributed by atoms with Crippen molar-refractivity contribution in [2.75, 3.05) is 26.7 Å². The lowest BCUT2D eigenvalue weighted by Gasteiger charge is -2.30. The van der Waals surface area contributed by atoms with Crippen LogP contribution in [-0.4, -0.2) is 31.6 Å². The van der Waals surface area contributed by atoms with Crippen LogP contribution in [0.25, 0.3) is 10.8 Å². The van der Waals surface area contributed by atoms with Crippen LogP contribution in [0.2, 0.25) is 0 Å². The Morgan fingerprint density at radius 2 is 1.87 bits per heavy atom. The van der Waals surface area contributed by atoms with Gasteiger partial charge in [-0.3, -0.25) is 4.90 Å². The molecule has 126 valence electrons. The summed E-state index contributed by atoms with van der Waals surface area (Å²) in [5.41, 5.74) is 7.40. The SMILES string of the molecule is CCCCN(C)C(CN)c1c(OCCC)ccc2ccccc12. The second kappa shape index (κ2) is 8.90. The minimum atomic E-state index is 0.180. The van der Waals surface area contributed by atoms with Gasteiger partial charge in [-0.05, 0) is 43.3 Å². The third kappa shape index (κ3) is 4.24. The second-order valence-corrected chi connectivity index (χ2v) is 6.13. The predicted octanol–water partition coefficient (Wildman–Crippen LogP) is 4.36. The molecule has 2 aromatic rings. The summed E-state index contributed by atoms with van der Waals surface area (Å²) in [6.07, 6.45) is 3.38. The topological polar surface area (TPSA) is 38.5 Å². The molecule has 3 nitrogen and oxygen atoms in total. The van der Waals surface area contributed by atoms with Gasteiger partial charge in [-0.1, -0.05) is 50.6 Å². The van der Waals surface area contributed by atoms with E-state index in [1.807, 2.05) is 0 Å². The average molecular weight is 314 g/mol. The molecule has 0 aliphatic heterocycles. The van der Waals surface area contributed by atoms with Crippen LogP contribution in [0, 0.1) is 0 Å². The fourth-order valence-electron chi connectivity index (χ4n) is 3.04. The summed E-state index contributed by atoms with van der Waals surface area (Å²) in [4.78, 5) is 2.37. The molecule has 0 heterocycles. The van der Waals surface area contributed by atoms with Crippen LogP contribution in [0.15, 0.2) is 36.4 Å². The van der Waals surface area contributed by atoms with Gasteiger partial charge in [-0.2, -0.15) is 0 Å². The van der Waals surface area contributed by atoms with Crippen LogP contribution in [0.5, 0.6) is 5.75 Å². The van der Waals surface area contributed by atoms with Gasteiger partial charge in [-0.15, -0.1) is 0 Å². The Morgan fingerprint density at radius 3 is 2.57 bits per heavy atom.